The molecule has 0 amide bonds. The Morgan fingerprint density at radius 3 is 2.19 bits per heavy atom. The van der Waals surface area contributed by atoms with Crippen molar-refractivity contribution in [1.82, 2.24) is 0 Å². The molecule has 1 rings (SSSR count). The molecule has 0 heterocycles. The van der Waals surface area contributed by atoms with Crippen LogP contribution in [0, 0.1) is 5.92 Å². The van der Waals surface area contributed by atoms with Gasteiger partial charge < -0.3 is 9.84 Å². The first-order valence-corrected chi connectivity index (χ1v) is 7.83. The van der Waals surface area contributed by atoms with Gasteiger partial charge in [0.05, 0.1) is 6.61 Å². The SMILES string of the molecule is CCOC(=O)C(O)(CC)C(C)c1ccc(CC(C)C)cc1. The molecule has 0 fully saturated rings. The van der Waals surface area contributed by atoms with Crippen LogP contribution in [0.3, 0.4) is 0 Å². The van der Waals surface area contributed by atoms with Crippen LogP contribution in [0.2, 0.25) is 0 Å². The van der Waals surface area contributed by atoms with Crippen LogP contribution in [0.5, 0.6) is 0 Å². The van der Waals surface area contributed by atoms with Gasteiger partial charge in [0.2, 0.25) is 0 Å². The molecule has 21 heavy (non-hydrogen) atoms. The second-order valence-corrected chi connectivity index (χ2v) is 6.06. The summed E-state index contributed by atoms with van der Waals surface area (Å²) in [6.07, 6.45) is 1.37. The highest BCUT2D eigenvalue weighted by atomic mass is 16.5. The third-order valence-electron chi connectivity index (χ3n) is 4.01. The Hall–Kier alpha value is -1.35. The largest absolute Gasteiger partial charge is 0.464 e. The molecule has 2 unspecified atom stereocenters. The van der Waals surface area contributed by atoms with Crippen LogP contribution in [-0.4, -0.2) is 23.3 Å². The lowest BCUT2D eigenvalue weighted by molar-refractivity contribution is -0.167. The van der Waals surface area contributed by atoms with Gasteiger partial charge in [0.1, 0.15) is 0 Å². The summed E-state index contributed by atoms with van der Waals surface area (Å²) in [5, 5.41) is 10.7. The third kappa shape index (κ3) is 4.31. The Morgan fingerprint density at radius 1 is 1.19 bits per heavy atom. The standard InChI is InChI=1S/C18H28O3/c1-6-18(20,17(19)21-7-2)14(5)16-10-8-15(9-11-16)12-13(3)4/h8-11,13-14,20H,6-7,12H2,1-5H3. The van der Waals surface area contributed by atoms with Gasteiger partial charge in [0.25, 0.3) is 0 Å². The number of benzene rings is 1. The summed E-state index contributed by atoms with van der Waals surface area (Å²) in [4.78, 5) is 12.1. The fraction of sp³-hybridized carbons (Fsp3) is 0.611. The van der Waals surface area contributed by atoms with Gasteiger partial charge in [-0.05, 0) is 36.8 Å². The maximum atomic E-state index is 12.1. The summed E-state index contributed by atoms with van der Waals surface area (Å²) >= 11 is 0. The van der Waals surface area contributed by atoms with E-state index in [1.54, 1.807) is 13.8 Å². The second kappa shape index (κ2) is 7.60. The number of ether oxygens (including phenoxy) is 1. The maximum Gasteiger partial charge on any atom is 0.338 e. The van der Waals surface area contributed by atoms with Crippen molar-refractivity contribution < 1.29 is 14.6 Å². The molecule has 0 spiro atoms. The van der Waals surface area contributed by atoms with E-state index in [2.05, 4.69) is 26.0 Å². The first-order chi connectivity index (χ1) is 9.85. The van der Waals surface area contributed by atoms with E-state index in [4.69, 9.17) is 4.74 Å². The zero-order chi connectivity index (χ0) is 16.0. The lowest BCUT2D eigenvalue weighted by Gasteiger charge is -2.31. The van der Waals surface area contributed by atoms with Gasteiger partial charge >= 0.3 is 5.97 Å². The third-order valence-corrected chi connectivity index (χ3v) is 4.01. The van der Waals surface area contributed by atoms with Crippen LogP contribution >= 0.6 is 0 Å². The van der Waals surface area contributed by atoms with Crippen molar-refractivity contribution in [2.24, 2.45) is 5.92 Å². The van der Waals surface area contributed by atoms with E-state index >= 15 is 0 Å². The fourth-order valence-electron chi connectivity index (χ4n) is 2.57. The molecule has 118 valence electrons. The molecule has 0 aliphatic heterocycles. The first-order valence-electron chi connectivity index (χ1n) is 7.83. The number of hydrogen-bond donors (Lipinski definition) is 1. The maximum absolute atomic E-state index is 12.1. The number of aliphatic hydroxyl groups is 1. The predicted octanol–water partition coefficient (Wildman–Crippen LogP) is 3.69. The summed E-state index contributed by atoms with van der Waals surface area (Å²) in [5.41, 5.74) is 0.771. The van der Waals surface area contributed by atoms with E-state index < -0.39 is 11.6 Å². The first kappa shape index (κ1) is 17.7. The minimum atomic E-state index is -1.46. The van der Waals surface area contributed by atoms with E-state index in [-0.39, 0.29) is 12.5 Å². The number of esters is 1. The average Bonchev–Trinajstić information content (AvgIpc) is 2.46. The number of carbonyl (C=O) groups is 1. The van der Waals surface area contributed by atoms with Gasteiger partial charge in [-0.2, -0.15) is 0 Å². The monoisotopic (exact) mass is 292 g/mol. The summed E-state index contributed by atoms with van der Waals surface area (Å²) in [6, 6.07) is 8.16. The van der Waals surface area contributed by atoms with E-state index in [0.29, 0.717) is 12.3 Å². The summed E-state index contributed by atoms with van der Waals surface area (Å²) in [6.45, 7) is 10.1. The van der Waals surface area contributed by atoms with Gasteiger partial charge in [0.15, 0.2) is 5.60 Å². The van der Waals surface area contributed by atoms with Gasteiger partial charge in [0, 0.05) is 5.92 Å². The molecule has 0 aliphatic rings. The van der Waals surface area contributed by atoms with E-state index in [1.165, 1.54) is 5.56 Å². The highest BCUT2D eigenvalue weighted by Crippen LogP contribution is 2.32. The van der Waals surface area contributed by atoms with Crippen molar-refractivity contribution >= 4 is 5.97 Å². The van der Waals surface area contributed by atoms with Crippen LogP contribution in [0.15, 0.2) is 24.3 Å². The summed E-state index contributed by atoms with van der Waals surface area (Å²) in [7, 11) is 0. The second-order valence-electron chi connectivity index (χ2n) is 6.06. The Kier molecular flexibility index (Phi) is 6.41. The molecule has 0 saturated carbocycles. The van der Waals surface area contributed by atoms with Crippen LogP contribution in [-0.2, 0) is 16.0 Å². The van der Waals surface area contributed by atoms with Crippen LogP contribution < -0.4 is 0 Å². The minimum Gasteiger partial charge on any atom is -0.464 e. The molecule has 3 heteroatoms. The van der Waals surface area contributed by atoms with Gasteiger partial charge in [-0.15, -0.1) is 0 Å². The van der Waals surface area contributed by atoms with Gasteiger partial charge in [-0.25, -0.2) is 4.79 Å². The number of rotatable bonds is 7. The highest BCUT2D eigenvalue weighted by Gasteiger charge is 2.42. The molecule has 0 saturated heterocycles. The molecular weight excluding hydrogens is 264 g/mol. The lowest BCUT2D eigenvalue weighted by atomic mass is 9.81. The Labute approximate surface area is 128 Å². The quantitative estimate of drug-likeness (QED) is 0.780. The molecule has 0 aliphatic carbocycles. The highest BCUT2D eigenvalue weighted by molar-refractivity contribution is 5.80. The minimum absolute atomic E-state index is 0.279. The summed E-state index contributed by atoms with van der Waals surface area (Å²) in [5.74, 6) is -0.221. The zero-order valence-corrected chi connectivity index (χ0v) is 13.8. The van der Waals surface area contributed by atoms with E-state index in [0.717, 1.165) is 12.0 Å². The van der Waals surface area contributed by atoms with Crippen LogP contribution in [0.1, 0.15) is 58.1 Å². The fourth-order valence-corrected chi connectivity index (χ4v) is 2.57. The Balaban J connectivity index is 2.94. The van der Waals surface area contributed by atoms with Crippen molar-refractivity contribution in [2.45, 2.75) is 59.0 Å². The van der Waals surface area contributed by atoms with Crippen molar-refractivity contribution in [1.29, 1.82) is 0 Å². The molecule has 0 bridgehead atoms. The van der Waals surface area contributed by atoms with Crippen LogP contribution in [0.4, 0.5) is 0 Å². The van der Waals surface area contributed by atoms with Crippen molar-refractivity contribution in [3.05, 3.63) is 35.4 Å². The van der Waals surface area contributed by atoms with Crippen molar-refractivity contribution in [3.8, 4) is 0 Å². The van der Waals surface area contributed by atoms with E-state index in [1.807, 2.05) is 19.1 Å². The smallest absolute Gasteiger partial charge is 0.338 e. The predicted molar refractivity (Wildman–Crippen MR) is 85.3 cm³/mol. The lowest BCUT2D eigenvalue weighted by Crippen LogP contribution is -2.44. The topological polar surface area (TPSA) is 46.5 Å². The normalized spacial score (nSPS) is 15.6. The number of carbonyl (C=O) groups excluding carboxylic acids is 1. The zero-order valence-electron chi connectivity index (χ0n) is 13.8. The molecule has 0 aromatic heterocycles. The summed E-state index contributed by atoms with van der Waals surface area (Å²) < 4.78 is 5.03. The molecule has 3 nitrogen and oxygen atoms in total. The van der Waals surface area contributed by atoms with Crippen molar-refractivity contribution in [3.63, 3.8) is 0 Å². The molecule has 0 radical (unpaired) electrons. The Morgan fingerprint density at radius 2 is 1.76 bits per heavy atom. The van der Waals surface area contributed by atoms with E-state index in [9.17, 15) is 9.90 Å². The van der Waals surface area contributed by atoms with Gasteiger partial charge in [-0.3, -0.25) is 0 Å². The van der Waals surface area contributed by atoms with Crippen LogP contribution in [0.25, 0.3) is 0 Å². The Bertz CT molecular complexity index is 450. The molecule has 1 aromatic carbocycles. The molecule has 1 N–H and O–H groups in total. The van der Waals surface area contributed by atoms with Crippen molar-refractivity contribution in [2.75, 3.05) is 6.61 Å². The molecule has 1 aromatic rings. The number of hydrogen-bond acceptors (Lipinski definition) is 3. The molecular formula is C18H28O3. The van der Waals surface area contributed by atoms with Gasteiger partial charge in [-0.1, -0.05) is 52.0 Å². The molecule has 2 atom stereocenters. The average molecular weight is 292 g/mol.